The van der Waals surface area contributed by atoms with E-state index in [4.69, 9.17) is 10.2 Å². The summed E-state index contributed by atoms with van der Waals surface area (Å²) in [6, 6.07) is 0. The summed E-state index contributed by atoms with van der Waals surface area (Å²) in [6.45, 7) is 0.395. The second kappa shape index (κ2) is 4.27. The Hall–Kier alpha value is -0.960. The summed E-state index contributed by atoms with van der Waals surface area (Å²) in [4.78, 5) is -0.0457. The van der Waals surface area contributed by atoms with Crippen LogP contribution < -0.4 is 4.72 Å². The second-order valence-electron chi connectivity index (χ2n) is 3.42. The van der Waals surface area contributed by atoms with E-state index in [0.29, 0.717) is 0 Å². The van der Waals surface area contributed by atoms with Crippen molar-refractivity contribution in [3.05, 3.63) is 12.4 Å². The van der Waals surface area contributed by atoms with Crippen molar-refractivity contribution in [1.29, 1.82) is 0 Å². The molecule has 1 heterocycles. The SMILES string of the molecule is CC(CO)(CO)NS(=O)(=O)c1cn[nH]c1. The molecule has 1 rings (SSSR count). The van der Waals surface area contributed by atoms with Gasteiger partial charge in [0.1, 0.15) is 4.90 Å². The van der Waals surface area contributed by atoms with Gasteiger partial charge in [0.15, 0.2) is 0 Å². The van der Waals surface area contributed by atoms with Crippen LogP contribution in [-0.4, -0.2) is 47.6 Å². The molecular formula is C7H13N3O4S. The van der Waals surface area contributed by atoms with Crippen molar-refractivity contribution in [2.75, 3.05) is 13.2 Å². The Balaban J connectivity index is 2.91. The van der Waals surface area contributed by atoms with E-state index in [2.05, 4.69) is 14.9 Å². The number of aliphatic hydroxyl groups excluding tert-OH is 2. The van der Waals surface area contributed by atoms with Gasteiger partial charge in [0.05, 0.1) is 24.9 Å². The minimum absolute atomic E-state index is 0.0457. The quantitative estimate of drug-likeness (QED) is 0.492. The molecule has 1 aromatic heterocycles. The highest BCUT2D eigenvalue weighted by molar-refractivity contribution is 7.89. The third-order valence-corrected chi connectivity index (χ3v) is 3.47. The molecule has 0 radical (unpaired) electrons. The summed E-state index contributed by atoms with van der Waals surface area (Å²) >= 11 is 0. The molecule has 0 aliphatic carbocycles. The lowest BCUT2D eigenvalue weighted by atomic mass is 10.1. The molecule has 0 saturated heterocycles. The maximum Gasteiger partial charge on any atom is 0.244 e. The molecule has 0 amide bonds. The van der Waals surface area contributed by atoms with Crippen molar-refractivity contribution in [2.45, 2.75) is 17.4 Å². The van der Waals surface area contributed by atoms with Crippen molar-refractivity contribution >= 4 is 10.0 Å². The van der Waals surface area contributed by atoms with Crippen LogP contribution in [0.1, 0.15) is 6.92 Å². The normalized spacial score (nSPS) is 13.0. The van der Waals surface area contributed by atoms with Gasteiger partial charge in [0.25, 0.3) is 0 Å². The van der Waals surface area contributed by atoms with Crippen molar-refractivity contribution in [1.82, 2.24) is 14.9 Å². The summed E-state index contributed by atoms with van der Waals surface area (Å²) in [7, 11) is -3.76. The first-order valence-corrected chi connectivity index (χ1v) is 5.66. The molecule has 8 heteroatoms. The third-order valence-electron chi connectivity index (χ3n) is 1.86. The van der Waals surface area contributed by atoms with Crippen LogP contribution in [0.25, 0.3) is 0 Å². The predicted molar refractivity (Wildman–Crippen MR) is 51.5 cm³/mol. The van der Waals surface area contributed by atoms with Gasteiger partial charge >= 0.3 is 0 Å². The second-order valence-corrected chi connectivity index (χ2v) is 5.10. The maximum absolute atomic E-state index is 11.6. The zero-order chi connectivity index (χ0) is 11.5. The fourth-order valence-corrected chi connectivity index (χ4v) is 2.18. The Morgan fingerprint density at radius 2 is 2.13 bits per heavy atom. The van der Waals surface area contributed by atoms with Crippen molar-refractivity contribution in [2.24, 2.45) is 0 Å². The Kier molecular flexibility index (Phi) is 3.45. The Bertz CT molecular complexity index is 396. The highest BCUT2D eigenvalue weighted by Gasteiger charge is 2.29. The van der Waals surface area contributed by atoms with Crippen LogP contribution in [0.5, 0.6) is 0 Å². The monoisotopic (exact) mass is 235 g/mol. The minimum Gasteiger partial charge on any atom is -0.394 e. The van der Waals surface area contributed by atoms with Gasteiger partial charge < -0.3 is 10.2 Å². The summed E-state index contributed by atoms with van der Waals surface area (Å²) in [5.41, 5.74) is -1.28. The summed E-state index contributed by atoms with van der Waals surface area (Å²) in [5, 5.41) is 23.7. The number of nitrogens with zero attached hydrogens (tertiary/aromatic N) is 1. The van der Waals surface area contributed by atoms with E-state index in [1.165, 1.54) is 13.1 Å². The van der Waals surface area contributed by atoms with E-state index >= 15 is 0 Å². The average Bonchev–Trinajstić information content (AvgIpc) is 2.70. The highest BCUT2D eigenvalue weighted by atomic mass is 32.2. The first-order valence-electron chi connectivity index (χ1n) is 4.18. The minimum atomic E-state index is -3.76. The number of nitrogens with one attached hydrogen (secondary N) is 2. The Morgan fingerprint density at radius 3 is 2.53 bits per heavy atom. The Morgan fingerprint density at radius 1 is 1.53 bits per heavy atom. The number of hydrogen-bond acceptors (Lipinski definition) is 5. The van der Waals surface area contributed by atoms with Gasteiger partial charge in [-0.05, 0) is 6.92 Å². The van der Waals surface area contributed by atoms with Gasteiger partial charge in [-0.2, -0.15) is 5.10 Å². The van der Waals surface area contributed by atoms with E-state index in [1.807, 2.05) is 0 Å². The first-order chi connectivity index (χ1) is 6.93. The topological polar surface area (TPSA) is 115 Å². The van der Waals surface area contributed by atoms with Crippen LogP contribution in [0.3, 0.4) is 0 Å². The molecule has 0 saturated carbocycles. The first kappa shape index (κ1) is 12.1. The van der Waals surface area contributed by atoms with Gasteiger partial charge in [0.2, 0.25) is 10.0 Å². The van der Waals surface area contributed by atoms with Crippen LogP contribution in [0, 0.1) is 0 Å². The lowest BCUT2D eigenvalue weighted by molar-refractivity contribution is 0.122. The molecule has 0 fully saturated rings. The zero-order valence-electron chi connectivity index (χ0n) is 8.14. The molecule has 1 aromatic rings. The smallest absolute Gasteiger partial charge is 0.244 e. The molecule has 15 heavy (non-hydrogen) atoms. The fourth-order valence-electron chi connectivity index (χ4n) is 0.884. The fraction of sp³-hybridized carbons (Fsp3) is 0.571. The number of sulfonamides is 1. The molecule has 0 spiro atoms. The van der Waals surface area contributed by atoms with Gasteiger partial charge in [0, 0.05) is 6.20 Å². The highest BCUT2D eigenvalue weighted by Crippen LogP contribution is 2.10. The number of hydrogen-bond donors (Lipinski definition) is 4. The molecule has 0 bridgehead atoms. The van der Waals surface area contributed by atoms with Crippen LogP contribution >= 0.6 is 0 Å². The number of aromatic amines is 1. The van der Waals surface area contributed by atoms with Crippen LogP contribution in [0.2, 0.25) is 0 Å². The summed E-state index contributed by atoms with van der Waals surface area (Å²) < 4.78 is 25.5. The molecule has 0 aromatic carbocycles. The summed E-state index contributed by atoms with van der Waals surface area (Å²) in [6.07, 6.45) is 2.34. The van der Waals surface area contributed by atoms with Gasteiger partial charge in [-0.3, -0.25) is 5.10 Å². The maximum atomic E-state index is 11.6. The summed E-state index contributed by atoms with van der Waals surface area (Å²) in [5.74, 6) is 0. The average molecular weight is 235 g/mol. The van der Waals surface area contributed by atoms with Crippen LogP contribution in [0.4, 0.5) is 0 Å². The van der Waals surface area contributed by atoms with Crippen molar-refractivity contribution in [3.63, 3.8) is 0 Å². The zero-order valence-corrected chi connectivity index (χ0v) is 8.95. The number of rotatable bonds is 5. The van der Waals surface area contributed by atoms with E-state index in [9.17, 15) is 8.42 Å². The molecule has 7 nitrogen and oxygen atoms in total. The standard InChI is InChI=1S/C7H13N3O4S/c1-7(4-11,5-12)10-15(13,14)6-2-8-9-3-6/h2-3,10-12H,4-5H2,1H3,(H,8,9). The predicted octanol–water partition coefficient (Wildman–Crippen LogP) is -1.57. The number of H-pyrrole nitrogens is 1. The van der Waals surface area contributed by atoms with Crippen LogP contribution in [-0.2, 0) is 10.0 Å². The molecule has 0 aliphatic heterocycles. The Labute approximate surface area is 87.2 Å². The number of aliphatic hydroxyl groups is 2. The van der Waals surface area contributed by atoms with E-state index < -0.39 is 28.8 Å². The number of aromatic nitrogens is 2. The lowest BCUT2D eigenvalue weighted by Crippen LogP contribution is -2.51. The van der Waals surface area contributed by atoms with Gasteiger partial charge in [-0.1, -0.05) is 0 Å². The molecule has 0 atom stereocenters. The molecule has 0 aliphatic rings. The third kappa shape index (κ3) is 2.75. The van der Waals surface area contributed by atoms with Crippen LogP contribution in [0.15, 0.2) is 17.3 Å². The molecule has 0 unspecified atom stereocenters. The van der Waals surface area contributed by atoms with E-state index in [1.54, 1.807) is 0 Å². The van der Waals surface area contributed by atoms with E-state index in [0.717, 1.165) is 6.20 Å². The van der Waals surface area contributed by atoms with E-state index in [-0.39, 0.29) is 4.90 Å². The van der Waals surface area contributed by atoms with Gasteiger partial charge in [-0.15, -0.1) is 0 Å². The molecule has 86 valence electrons. The largest absolute Gasteiger partial charge is 0.394 e. The molecular weight excluding hydrogens is 222 g/mol. The van der Waals surface area contributed by atoms with Crippen molar-refractivity contribution in [3.8, 4) is 0 Å². The molecule has 4 N–H and O–H groups in total. The van der Waals surface area contributed by atoms with Gasteiger partial charge in [-0.25, -0.2) is 13.1 Å². The lowest BCUT2D eigenvalue weighted by Gasteiger charge is -2.25. The van der Waals surface area contributed by atoms with Crippen molar-refractivity contribution < 1.29 is 18.6 Å².